The lowest BCUT2D eigenvalue weighted by Crippen LogP contribution is -2.07. The van der Waals surface area contributed by atoms with E-state index in [4.69, 9.17) is 4.42 Å². The minimum atomic E-state index is -0.118. The van der Waals surface area contributed by atoms with Crippen molar-refractivity contribution in [1.82, 2.24) is 0 Å². The third kappa shape index (κ3) is 2.21. The number of phenolic OH excluding ortho intramolecular Hbond substituents is 1. The van der Waals surface area contributed by atoms with E-state index in [1.807, 2.05) is 31.2 Å². The van der Waals surface area contributed by atoms with Gasteiger partial charge < -0.3 is 9.52 Å². The van der Waals surface area contributed by atoms with Crippen LogP contribution in [0.25, 0.3) is 22.1 Å². The van der Waals surface area contributed by atoms with Crippen molar-refractivity contribution in [2.75, 3.05) is 0 Å². The van der Waals surface area contributed by atoms with Gasteiger partial charge in [0, 0.05) is 0 Å². The molecular weight excluding hydrogens is 264 g/mol. The lowest BCUT2D eigenvalue weighted by molar-refractivity contribution is 0.471. The van der Waals surface area contributed by atoms with E-state index in [0.717, 1.165) is 11.1 Å². The van der Waals surface area contributed by atoms with Gasteiger partial charge in [-0.25, -0.2) is 0 Å². The molecule has 0 radical (unpaired) electrons. The number of hydrogen-bond acceptors (Lipinski definition) is 3. The molecule has 1 aromatic heterocycles. The Morgan fingerprint density at radius 2 is 1.67 bits per heavy atom. The normalized spacial score (nSPS) is 11.0. The molecule has 0 unspecified atom stereocenters. The fraction of sp³-hybridized carbons (Fsp3) is 0.167. The highest BCUT2D eigenvalue weighted by atomic mass is 16.3. The molecule has 106 valence electrons. The fourth-order valence-electron chi connectivity index (χ4n) is 2.50. The molecule has 0 saturated heterocycles. The van der Waals surface area contributed by atoms with Crippen LogP contribution in [0, 0.1) is 20.8 Å². The van der Waals surface area contributed by atoms with Gasteiger partial charge in [-0.2, -0.15) is 0 Å². The Balaban J connectivity index is 2.36. The molecule has 0 amide bonds. The Morgan fingerprint density at radius 1 is 1.00 bits per heavy atom. The number of aromatic hydroxyl groups is 1. The summed E-state index contributed by atoms with van der Waals surface area (Å²) in [5.41, 5.74) is 3.58. The first-order valence-corrected chi connectivity index (χ1v) is 6.81. The predicted octanol–water partition coefficient (Wildman–Crippen LogP) is 4.09. The maximum Gasteiger partial charge on any atom is 0.200 e. The lowest BCUT2D eigenvalue weighted by Gasteiger charge is -2.08. The zero-order chi connectivity index (χ0) is 15.1. The minimum absolute atomic E-state index is 0.105. The predicted molar refractivity (Wildman–Crippen MR) is 83.8 cm³/mol. The summed E-state index contributed by atoms with van der Waals surface area (Å²) >= 11 is 0. The van der Waals surface area contributed by atoms with Crippen molar-refractivity contribution in [2.24, 2.45) is 0 Å². The maximum atomic E-state index is 12.7. The average molecular weight is 280 g/mol. The molecular formula is C18H16O3. The SMILES string of the molecule is Cc1ccc(-c2c(C)oc3cc(C)c(O)cc3c2=O)cc1. The monoisotopic (exact) mass is 280 g/mol. The first-order valence-electron chi connectivity index (χ1n) is 6.81. The van der Waals surface area contributed by atoms with Crippen molar-refractivity contribution in [3.05, 3.63) is 63.5 Å². The van der Waals surface area contributed by atoms with E-state index in [1.54, 1.807) is 19.9 Å². The molecule has 0 aliphatic carbocycles. The molecule has 1 N–H and O–H groups in total. The van der Waals surface area contributed by atoms with Crippen molar-refractivity contribution in [2.45, 2.75) is 20.8 Å². The number of fused-ring (bicyclic) bond motifs is 1. The van der Waals surface area contributed by atoms with Crippen LogP contribution < -0.4 is 5.43 Å². The second-order valence-corrected chi connectivity index (χ2v) is 5.36. The Kier molecular flexibility index (Phi) is 3.05. The van der Waals surface area contributed by atoms with Gasteiger partial charge in [0.25, 0.3) is 0 Å². The maximum absolute atomic E-state index is 12.7. The summed E-state index contributed by atoms with van der Waals surface area (Å²) in [6, 6.07) is 10.9. The number of aryl methyl sites for hydroxylation is 3. The van der Waals surface area contributed by atoms with Crippen LogP contribution in [-0.2, 0) is 0 Å². The van der Waals surface area contributed by atoms with Crippen LogP contribution in [0.1, 0.15) is 16.9 Å². The molecule has 0 spiro atoms. The minimum Gasteiger partial charge on any atom is -0.508 e. The highest BCUT2D eigenvalue weighted by Crippen LogP contribution is 2.28. The zero-order valence-corrected chi connectivity index (χ0v) is 12.2. The van der Waals surface area contributed by atoms with Gasteiger partial charge in [-0.15, -0.1) is 0 Å². The highest BCUT2D eigenvalue weighted by Gasteiger charge is 2.14. The molecule has 0 atom stereocenters. The van der Waals surface area contributed by atoms with Crippen molar-refractivity contribution in [3.63, 3.8) is 0 Å². The second kappa shape index (κ2) is 4.77. The number of phenols is 1. The van der Waals surface area contributed by atoms with Crippen LogP contribution >= 0.6 is 0 Å². The van der Waals surface area contributed by atoms with Crippen LogP contribution in [0.15, 0.2) is 45.6 Å². The third-order valence-corrected chi connectivity index (χ3v) is 3.73. The summed E-state index contributed by atoms with van der Waals surface area (Å²) < 4.78 is 5.78. The van der Waals surface area contributed by atoms with E-state index >= 15 is 0 Å². The summed E-state index contributed by atoms with van der Waals surface area (Å²) in [5, 5.41) is 10.2. The highest BCUT2D eigenvalue weighted by molar-refractivity contribution is 5.84. The smallest absolute Gasteiger partial charge is 0.200 e. The van der Waals surface area contributed by atoms with Gasteiger partial charge in [0.1, 0.15) is 17.1 Å². The molecule has 2 aromatic carbocycles. The van der Waals surface area contributed by atoms with Gasteiger partial charge in [0.05, 0.1) is 10.9 Å². The zero-order valence-electron chi connectivity index (χ0n) is 12.2. The second-order valence-electron chi connectivity index (χ2n) is 5.36. The lowest BCUT2D eigenvalue weighted by atomic mass is 10.0. The van der Waals surface area contributed by atoms with Gasteiger partial charge in [-0.1, -0.05) is 29.8 Å². The molecule has 1 heterocycles. The first-order chi connectivity index (χ1) is 9.97. The quantitative estimate of drug-likeness (QED) is 0.730. The van der Waals surface area contributed by atoms with E-state index in [9.17, 15) is 9.90 Å². The van der Waals surface area contributed by atoms with Crippen molar-refractivity contribution in [1.29, 1.82) is 0 Å². The van der Waals surface area contributed by atoms with Crippen molar-refractivity contribution < 1.29 is 9.52 Å². The van der Waals surface area contributed by atoms with Crippen LogP contribution in [0.2, 0.25) is 0 Å². The summed E-state index contributed by atoms with van der Waals surface area (Å²) in [4.78, 5) is 12.7. The van der Waals surface area contributed by atoms with Gasteiger partial charge in [-0.05, 0) is 44.0 Å². The van der Waals surface area contributed by atoms with Crippen LogP contribution in [0.4, 0.5) is 0 Å². The van der Waals surface area contributed by atoms with Crippen molar-refractivity contribution >= 4 is 11.0 Å². The van der Waals surface area contributed by atoms with Gasteiger partial charge in [0.2, 0.25) is 5.43 Å². The number of benzene rings is 2. The Bertz CT molecular complexity index is 887. The molecule has 0 saturated carbocycles. The summed E-state index contributed by atoms with van der Waals surface area (Å²) in [6.07, 6.45) is 0. The molecule has 0 aliphatic heterocycles. The van der Waals surface area contributed by atoms with E-state index in [-0.39, 0.29) is 11.2 Å². The first kappa shape index (κ1) is 13.4. The third-order valence-electron chi connectivity index (χ3n) is 3.73. The van der Waals surface area contributed by atoms with Crippen LogP contribution in [0.3, 0.4) is 0 Å². The van der Waals surface area contributed by atoms with E-state index in [2.05, 4.69) is 0 Å². The molecule has 3 nitrogen and oxygen atoms in total. The molecule has 3 aromatic rings. The van der Waals surface area contributed by atoms with E-state index < -0.39 is 0 Å². The van der Waals surface area contributed by atoms with Crippen molar-refractivity contribution in [3.8, 4) is 16.9 Å². The molecule has 0 aliphatic rings. The van der Waals surface area contributed by atoms with Gasteiger partial charge in [-0.3, -0.25) is 4.79 Å². The summed E-state index contributed by atoms with van der Waals surface area (Å²) in [5.74, 6) is 0.690. The van der Waals surface area contributed by atoms with Gasteiger partial charge >= 0.3 is 0 Å². The van der Waals surface area contributed by atoms with Crippen LogP contribution in [0.5, 0.6) is 5.75 Å². The topological polar surface area (TPSA) is 50.4 Å². The number of rotatable bonds is 1. The Hall–Kier alpha value is -2.55. The molecule has 3 heteroatoms. The molecule has 3 rings (SSSR count). The summed E-state index contributed by atoms with van der Waals surface area (Å²) in [6.45, 7) is 5.57. The molecule has 0 fully saturated rings. The Labute approximate surface area is 122 Å². The largest absolute Gasteiger partial charge is 0.508 e. The summed E-state index contributed by atoms with van der Waals surface area (Å²) in [7, 11) is 0. The standard InChI is InChI=1S/C18H16O3/c1-10-4-6-13(7-5-10)17-12(3)21-16-8-11(2)15(19)9-14(16)18(17)20/h4-9,19H,1-3H3. The molecule has 0 bridgehead atoms. The van der Waals surface area contributed by atoms with E-state index in [1.165, 1.54) is 6.07 Å². The Morgan fingerprint density at radius 3 is 2.33 bits per heavy atom. The van der Waals surface area contributed by atoms with Gasteiger partial charge in [0.15, 0.2) is 0 Å². The van der Waals surface area contributed by atoms with E-state index in [0.29, 0.717) is 27.9 Å². The van der Waals surface area contributed by atoms with Crippen LogP contribution in [-0.4, -0.2) is 5.11 Å². The fourth-order valence-corrected chi connectivity index (χ4v) is 2.50. The average Bonchev–Trinajstić information content (AvgIpc) is 2.43. The molecule has 21 heavy (non-hydrogen) atoms. The number of hydrogen-bond donors (Lipinski definition) is 1.